The van der Waals surface area contributed by atoms with E-state index in [0.29, 0.717) is 13.1 Å². The zero-order valence-corrected chi connectivity index (χ0v) is 10.6. The van der Waals surface area contributed by atoms with Gasteiger partial charge in [-0.2, -0.15) is 17.4 Å². The minimum atomic E-state index is -3.79. The summed E-state index contributed by atoms with van der Waals surface area (Å²) in [6.45, 7) is 0.103. The smallest absolute Gasteiger partial charge is 0.279 e. The van der Waals surface area contributed by atoms with Crippen molar-refractivity contribution < 1.29 is 17.2 Å². The van der Waals surface area contributed by atoms with Crippen molar-refractivity contribution in [3.63, 3.8) is 0 Å². The summed E-state index contributed by atoms with van der Waals surface area (Å²) in [5.74, 6) is 0. The summed E-state index contributed by atoms with van der Waals surface area (Å²) in [5, 5.41) is 2.92. The van der Waals surface area contributed by atoms with Gasteiger partial charge < -0.3 is 5.32 Å². The lowest BCUT2D eigenvalue weighted by atomic mass is 10.1. The van der Waals surface area contributed by atoms with E-state index in [1.54, 1.807) is 7.05 Å². The topological polar surface area (TPSA) is 61.4 Å². The highest BCUT2D eigenvalue weighted by Crippen LogP contribution is 2.19. The Labute approximate surface area is 101 Å². The highest BCUT2D eigenvalue weighted by molar-refractivity contribution is 7.87. The number of piperidine rings is 1. The van der Waals surface area contributed by atoms with Crippen LogP contribution in [0.15, 0.2) is 0 Å². The Morgan fingerprint density at radius 2 is 2.12 bits per heavy atom. The van der Waals surface area contributed by atoms with Crippen LogP contribution in [0, 0.1) is 0 Å². The normalized spacial score (nSPS) is 23.2. The van der Waals surface area contributed by atoms with Crippen LogP contribution in [0.3, 0.4) is 0 Å². The van der Waals surface area contributed by atoms with Gasteiger partial charge in [0.25, 0.3) is 16.6 Å². The maximum Gasteiger partial charge on any atom is 0.279 e. The monoisotopic (exact) mass is 271 g/mol. The first-order valence-electron chi connectivity index (χ1n) is 5.66. The molecule has 0 bridgehead atoms. The second-order valence-electron chi connectivity index (χ2n) is 4.06. The molecule has 0 saturated carbocycles. The van der Waals surface area contributed by atoms with E-state index in [1.165, 1.54) is 4.31 Å². The number of nitrogens with one attached hydrogen (secondary N) is 2. The molecule has 1 rings (SSSR count). The fourth-order valence-electron chi connectivity index (χ4n) is 1.98. The summed E-state index contributed by atoms with van der Waals surface area (Å²) in [5.41, 5.74) is 0. The van der Waals surface area contributed by atoms with Crippen LogP contribution in [0.4, 0.5) is 8.78 Å². The molecule has 2 N–H and O–H groups in total. The molecule has 0 aromatic rings. The van der Waals surface area contributed by atoms with Crippen molar-refractivity contribution >= 4 is 10.2 Å². The zero-order chi connectivity index (χ0) is 12.9. The lowest BCUT2D eigenvalue weighted by molar-refractivity contribution is 0.151. The van der Waals surface area contributed by atoms with Crippen LogP contribution in [-0.4, -0.2) is 51.9 Å². The Kier molecular flexibility index (Phi) is 5.71. The molecular formula is C9H19F2N3O2S. The zero-order valence-electron chi connectivity index (χ0n) is 9.83. The summed E-state index contributed by atoms with van der Waals surface area (Å²) >= 11 is 0. The Hall–Kier alpha value is -0.310. The predicted molar refractivity (Wildman–Crippen MR) is 61.2 cm³/mol. The summed E-state index contributed by atoms with van der Waals surface area (Å²) in [4.78, 5) is 0. The van der Waals surface area contributed by atoms with E-state index < -0.39 is 23.2 Å². The van der Waals surface area contributed by atoms with E-state index in [4.69, 9.17) is 0 Å². The highest BCUT2D eigenvalue weighted by Gasteiger charge is 2.31. The molecule has 1 atom stereocenters. The molecule has 0 radical (unpaired) electrons. The number of hydrogen-bond acceptors (Lipinski definition) is 3. The highest BCUT2D eigenvalue weighted by atomic mass is 32.2. The van der Waals surface area contributed by atoms with E-state index in [9.17, 15) is 17.2 Å². The lowest BCUT2D eigenvalue weighted by Gasteiger charge is -2.34. The van der Waals surface area contributed by atoms with Gasteiger partial charge in [0.1, 0.15) is 0 Å². The van der Waals surface area contributed by atoms with E-state index in [1.807, 2.05) is 4.72 Å². The number of hydrogen-bond donors (Lipinski definition) is 2. The first-order valence-corrected chi connectivity index (χ1v) is 7.10. The van der Waals surface area contributed by atoms with Crippen molar-refractivity contribution in [2.45, 2.75) is 31.7 Å². The molecule has 8 heteroatoms. The van der Waals surface area contributed by atoms with E-state index in [-0.39, 0.29) is 6.04 Å². The van der Waals surface area contributed by atoms with Crippen LogP contribution in [0.25, 0.3) is 0 Å². The van der Waals surface area contributed by atoms with Crippen molar-refractivity contribution in [2.75, 3.05) is 26.7 Å². The molecule has 1 aliphatic heterocycles. The van der Waals surface area contributed by atoms with E-state index >= 15 is 0 Å². The van der Waals surface area contributed by atoms with E-state index in [0.717, 1.165) is 19.3 Å². The number of rotatable bonds is 6. The molecule has 102 valence electrons. The van der Waals surface area contributed by atoms with Crippen molar-refractivity contribution in [1.82, 2.24) is 14.3 Å². The lowest BCUT2D eigenvalue weighted by Crippen LogP contribution is -2.52. The Balaban J connectivity index is 2.65. The Morgan fingerprint density at radius 3 is 2.71 bits per heavy atom. The Morgan fingerprint density at radius 1 is 1.41 bits per heavy atom. The number of likely N-dealkylation sites (N-methyl/N-ethyl adjacent to an activating group) is 1. The van der Waals surface area contributed by atoms with Gasteiger partial charge in [0, 0.05) is 19.1 Å². The third-order valence-corrected chi connectivity index (χ3v) is 4.37. The van der Waals surface area contributed by atoms with Gasteiger partial charge in [-0.1, -0.05) is 6.42 Å². The predicted octanol–water partition coefficient (Wildman–Crippen LogP) is 0.160. The minimum absolute atomic E-state index is 0.149. The van der Waals surface area contributed by atoms with Crippen LogP contribution in [0.2, 0.25) is 0 Å². The first-order chi connectivity index (χ1) is 7.97. The minimum Gasteiger partial charge on any atom is -0.318 e. The van der Waals surface area contributed by atoms with Crippen molar-refractivity contribution in [3.8, 4) is 0 Å². The van der Waals surface area contributed by atoms with Crippen LogP contribution in [0.1, 0.15) is 19.3 Å². The number of halogens is 2. The molecule has 0 spiro atoms. The summed E-state index contributed by atoms with van der Waals surface area (Å²) in [7, 11) is -2.04. The van der Waals surface area contributed by atoms with Crippen LogP contribution < -0.4 is 10.0 Å². The average Bonchev–Trinajstić information content (AvgIpc) is 2.28. The summed E-state index contributed by atoms with van der Waals surface area (Å²) in [6.07, 6.45) is -0.170. The molecule has 1 saturated heterocycles. The maximum atomic E-state index is 12.0. The van der Waals surface area contributed by atoms with Gasteiger partial charge in [0.2, 0.25) is 0 Å². The van der Waals surface area contributed by atoms with Crippen LogP contribution >= 0.6 is 0 Å². The third-order valence-electron chi connectivity index (χ3n) is 2.74. The van der Waals surface area contributed by atoms with Crippen molar-refractivity contribution in [2.24, 2.45) is 0 Å². The second-order valence-corrected chi connectivity index (χ2v) is 5.77. The van der Waals surface area contributed by atoms with Gasteiger partial charge in [-0.3, -0.25) is 0 Å². The van der Waals surface area contributed by atoms with Gasteiger partial charge in [-0.15, -0.1) is 0 Å². The Bertz CT molecular complexity index is 322. The van der Waals surface area contributed by atoms with E-state index in [2.05, 4.69) is 5.32 Å². The van der Waals surface area contributed by atoms with Gasteiger partial charge >= 0.3 is 0 Å². The molecule has 0 aliphatic carbocycles. The molecule has 1 heterocycles. The quantitative estimate of drug-likeness (QED) is 0.723. The molecule has 0 amide bonds. The molecule has 1 unspecified atom stereocenters. The number of alkyl halides is 2. The third kappa shape index (κ3) is 4.46. The number of nitrogens with zero attached hydrogens (tertiary/aromatic N) is 1. The second kappa shape index (κ2) is 6.58. The molecule has 0 aromatic heterocycles. The van der Waals surface area contributed by atoms with Gasteiger partial charge in [0.05, 0.1) is 6.54 Å². The first kappa shape index (κ1) is 14.7. The largest absolute Gasteiger partial charge is 0.318 e. The van der Waals surface area contributed by atoms with Gasteiger partial charge in [-0.05, 0) is 19.9 Å². The molecule has 1 fully saturated rings. The molecule has 0 aromatic carbocycles. The van der Waals surface area contributed by atoms with Crippen LogP contribution in [0.5, 0.6) is 0 Å². The fraction of sp³-hybridized carbons (Fsp3) is 1.00. The average molecular weight is 271 g/mol. The van der Waals surface area contributed by atoms with Crippen LogP contribution in [-0.2, 0) is 10.2 Å². The fourth-order valence-corrected chi connectivity index (χ4v) is 3.43. The maximum absolute atomic E-state index is 12.0. The molecule has 17 heavy (non-hydrogen) atoms. The molecule has 5 nitrogen and oxygen atoms in total. The summed E-state index contributed by atoms with van der Waals surface area (Å²) in [6, 6.07) is -0.149. The molecule has 1 aliphatic rings. The van der Waals surface area contributed by atoms with Gasteiger partial charge in [0.15, 0.2) is 0 Å². The SMILES string of the molecule is CNCC1CCCCN1S(=O)(=O)NCC(F)F. The van der Waals surface area contributed by atoms with Crippen molar-refractivity contribution in [3.05, 3.63) is 0 Å². The van der Waals surface area contributed by atoms with Gasteiger partial charge in [-0.25, -0.2) is 8.78 Å². The van der Waals surface area contributed by atoms with Crippen molar-refractivity contribution in [1.29, 1.82) is 0 Å². The molecular weight excluding hydrogens is 252 g/mol. The summed E-state index contributed by atoms with van der Waals surface area (Å²) < 4.78 is 50.9. The standard InChI is InChI=1S/C9H19F2N3O2S/c1-12-6-8-4-2-3-5-14(8)17(15,16)13-7-9(10)11/h8-9,12-13H,2-7H2,1H3.